The van der Waals surface area contributed by atoms with Crippen LogP contribution in [0.5, 0.6) is 0 Å². The van der Waals surface area contributed by atoms with Gasteiger partial charge in [-0.15, -0.1) is 0 Å². The van der Waals surface area contributed by atoms with Gasteiger partial charge in [-0.25, -0.2) is 0 Å². The van der Waals surface area contributed by atoms with Crippen molar-refractivity contribution in [3.63, 3.8) is 0 Å². The molecule has 1 aliphatic rings. The molecular weight excluding hydrogens is 282 g/mol. The first-order valence-electron chi connectivity index (χ1n) is 7.34. The zero-order chi connectivity index (χ0) is 14.8. The predicted octanol–water partition coefficient (Wildman–Crippen LogP) is 5.11. The van der Waals surface area contributed by atoms with Gasteiger partial charge < -0.3 is 5.32 Å². The summed E-state index contributed by atoms with van der Waals surface area (Å²) < 4.78 is 0. The van der Waals surface area contributed by atoms with Crippen LogP contribution in [0.25, 0.3) is 0 Å². The van der Waals surface area contributed by atoms with E-state index in [1.807, 2.05) is 12.1 Å². The second-order valence-corrected chi connectivity index (χ2v) is 6.04. The van der Waals surface area contributed by atoms with Gasteiger partial charge in [0.15, 0.2) is 0 Å². The fourth-order valence-electron chi connectivity index (χ4n) is 2.79. The Balaban J connectivity index is 1.73. The number of hydrogen-bond acceptors (Lipinski definition) is 1. The monoisotopic (exact) mass is 299 g/mol. The maximum absolute atomic E-state index is 12.2. The molecule has 2 atom stereocenters. The topological polar surface area (TPSA) is 29.1 Å². The Kier molecular flexibility index (Phi) is 3.98. The fourth-order valence-corrected chi connectivity index (χ4v) is 2.98. The number of anilines is 1. The molecule has 0 heterocycles. The maximum atomic E-state index is 12.2. The van der Waals surface area contributed by atoms with Gasteiger partial charge in [-0.1, -0.05) is 43.1 Å². The number of carbonyl (C=O) groups is 1. The van der Waals surface area contributed by atoms with E-state index in [0.717, 1.165) is 11.6 Å². The quantitative estimate of drug-likeness (QED) is 0.835. The first-order chi connectivity index (χ1) is 10.2. The SMILES string of the molecule is CCC1CC1c1cccc(NC(=O)c2cccc(Cl)c2)c1. The summed E-state index contributed by atoms with van der Waals surface area (Å²) in [7, 11) is 0. The Hall–Kier alpha value is -1.80. The fraction of sp³-hybridized carbons (Fsp3) is 0.278. The van der Waals surface area contributed by atoms with Crippen LogP contribution in [0.1, 0.15) is 41.6 Å². The molecule has 2 unspecified atom stereocenters. The summed E-state index contributed by atoms with van der Waals surface area (Å²) in [6, 6.07) is 15.1. The van der Waals surface area contributed by atoms with Crippen LogP contribution in [0.2, 0.25) is 5.02 Å². The van der Waals surface area contributed by atoms with Crippen LogP contribution in [-0.4, -0.2) is 5.91 Å². The number of hydrogen-bond donors (Lipinski definition) is 1. The van der Waals surface area contributed by atoms with Crippen molar-refractivity contribution in [2.24, 2.45) is 5.92 Å². The van der Waals surface area contributed by atoms with Gasteiger partial charge in [-0.05, 0) is 54.2 Å². The third-order valence-electron chi connectivity index (χ3n) is 4.11. The highest BCUT2D eigenvalue weighted by molar-refractivity contribution is 6.31. The molecular formula is C18H18ClNO. The first-order valence-corrected chi connectivity index (χ1v) is 7.72. The lowest BCUT2D eigenvalue weighted by Crippen LogP contribution is -2.11. The molecule has 2 aromatic rings. The smallest absolute Gasteiger partial charge is 0.255 e. The van der Waals surface area contributed by atoms with Gasteiger partial charge in [0.05, 0.1) is 0 Å². The Bertz CT molecular complexity index is 668. The Labute approximate surface area is 130 Å². The molecule has 0 aromatic heterocycles. The average molecular weight is 300 g/mol. The molecule has 21 heavy (non-hydrogen) atoms. The average Bonchev–Trinajstić information content (AvgIpc) is 3.27. The van der Waals surface area contributed by atoms with Crippen molar-refractivity contribution in [1.29, 1.82) is 0 Å². The second-order valence-electron chi connectivity index (χ2n) is 5.60. The van der Waals surface area contributed by atoms with Gasteiger partial charge >= 0.3 is 0 Å². The first kappa shape index (κ1) is 14.2. The molecule has 0 spiro atoms. The minimum atomic E-state index is -0.127. The molecule has 108 valence electrons. The minimum absolute atomic E-state index is 0.127. The molecule has 0 aliphatic heterocycles. The third kappa shape index (κ3) is 3.27. The van der Waals surface area contributed by atoms with Crippen molar-refractivity contribution >= 4 is 23.2 Å². The van der Waals surface area contributed by atoms with Gasteiger partial charge in [-0.2, -0.15) is 0 Å². The van der Waals surface area contributed by atoms with Crippen LogP contribution in [0.4, 0.5) is 5.69 Å². The van der Waals surface area contributed by atoms with Gasteiger partial charge in [-0.3, -0.25) is 4.79 Å². The standard InChI is InChI=1S/C18H18ClNO/c1-2-12-11-17(12)13-5-4-8-16(10-13)20-18(21)14-6-3-7-15(19)9-14/h3-10,12,17H,2,11H2,1H3,(H,20,21). The van der Waals surface area contributed by atoms with E-state index in [1.165, 1.54) is 18.4 Å². The lowest BCUT2D eigenvalue weighted by Gasteiger charge is -2.08. The number of halogens is 1. The summed E-state index contributed by atoms with van der Waals surface area (Å²) in [6.45, 7) is 2.23. The number of amides is 1. The van der Waals surface area contributed by atoms with Gasteiger partial charge in [0.2, 0.25) is 0 Å². The molecule has 1 N–H and O–H groups in total. The molecule has 1 fully saturated rings. The molecule has 3 heteroatoms. The molecule has 3 rings (SSSR count). The van der Waals surface area contributed by atoms with Crippen molar-refractivity contribution in [3.05, 3.63) is 64.7 Å². The molecule has 0 bridgehead atoms. The summed E-state index contributed by atoms with van der Waals surface area (Å²) in [6.07, 6.45) is 2.49. The highest BCUT2D eigenvalue weighted by atomic mass is 35.5. The van der Waals surface area contributed by atoms with E-state index >= 15 is 0 Å². The van der Waals surface area contributed by atoms with Crippen LogP contribution >= 0.6 is 11.6 Å². The third-order valence-corrected chi connectivity index (χ3v) is 4.34. The zero-order valence-corrected chi connectivity index (χ0v) is 12.7. The highest BCUT2D eigenvalue weighted by Crippen LogP contribution is 2.49. The number of nitrogens with one attached hydrogen (secondary N) is 1. The van der Waals surface area contributed by atoms with E-state index in [0.29, 0.717) is 16.5 Å². The zero-order valence-electron chi connectivity index (χ0n) is 12.0. The lowest BCUT2D eigenvalue weighted by atomic mass is 10.1. The van der Waals surface area contributed by atoms with Crippen LogP contribution in [0.15, 0.2) is 48.5 Å². The number of rotatable bonds is 4. The predicted molar refractivity (Wildman–Crippen MR) is 87.0 cm³/mol. The summed E-state index contributed by atoms with van der Waals surface area (Å²) >= 11 is 5.92. The van der Waals surface area contributed by atoms with E-state index in [4.69, 9.17) is 11.6 Å². The van der Waals surface area contributed by atoms with Crippen LogP contribution < -0.4 is 5.32 Å². The van der Waals surface area contributed by atoms with E-state index < -0.39 is 0 Å². The van der Waals surface area contributed by atoms with Crippen LogP contribution in [0.3, 0.4) is 0 Å². The van der Waals surface area contributed by atoms with Gasteiger partial charge in [0.1, 0.15) is 0 Å². The van der Waals surface area contributed by atoms with Gasteiger partial charge in [0.25, 0.3) is 5.91 Å². The lowest BCUT2D eigenvalue weighted by molar-refractivity contribution is 0.102. The van der Waals surface area contributed by atoms with E-state index in [1.54, 1.807) is 24.3 Å². The molecule has 1 amide bonds. The minimum Gasteiger partial charge on any atom is -0.322 e. The summed E-state index contributed by atoms with van der Waals surface area (Å²) in [5.74, 6) is 1.35. The number of benzene rings is 2. The van der Waals surface area contributed by atoms with E-state index in [9.17, 15) is 4.79 Å². The van der Waals surface area contributed by atoms with Crippen LogP contribution in [0, 0.1) is 5.92 Å². The van der Waals surface area contributed by atoms with Crippen molar-refractivity contribution < 1.29 is 4.79 Å². The maximum Gasteiger partial charge on any atom is 0.255 e. The van der Waals surface area contributed by atoms with E-state index in [2.05, 4.69) is 24.4 Å². The van der Waals surface area contributed by atoms with E-state index in [-0.39, 0.29) is 5.91 Å². The summed E-state index contributed by atoms with van der Waals surface area (Å²) in [5, 5.41) is 3.51. The molecule has 2 aromatic carbocycles. The Morgan fingerprint density at radius 2 is 2.05 bits per heavy atom. The summed E-state index contributed by atoms with van der Waals surface area (Å²) in [4.78, 5) is 12.2. The summed E-state index contributed by atoms with van der Waals surface area (Å²) in [5.41, 5.74) is 2.75. The van der Waals surface area contributed by atoms with Crippen molar-refractivity contribution in [1.82, 2.24) is 0 Å². The van der Waals surface area contributed by atoms with Crippen molar-refractivity contribution in [2.45, 2.75) is 25.7 Å². The Morgan fingerprint density at radius 1 is 1.24 bits per heavy atom. The van der Waals surface area contributed by atoms with Gasteiger partial charge in [0, 0.05) is 16.3 Å². The highest BCUT2D eigenvalue weighted by Gasteiger charge is 2.36. The largest absolute Gasteiger partial charge is 0.322 e. The van der Waals surface area contributed by atoms with Crippen molar-refractivity contribution in [2.75, 3.05) is 5.32 Å². The number of carbonyl (C=O) groups excluding carboxylic acids is 1. The van der Waals surface area contributed by atoms with Crippen LogP contribution in [-0.2, 0) is 0 Å². The molecule has 0 saturated heterocycles. The second kappa shape index (κ2) is 5.90. The molecule has 2 nitrogen and oxygen atoms in total. The molecule has 1 saturated carbocycles. The normalized spacial score (nSPS) is 20.1. The molecule has 1 aliphatic carbocycles. The van der Waals surface area contributed by atoms with Crippen molar-refractivity contribution in [3.8, 4) is 0 Å². The molecule has 0 radical (unpaired) electrons. The Morgan fingerprint density at radius 3 is 2.76 bits per heavy atom.